The predicted molar refractivity (Wildman–Crippen MR) is 84.2 cm³/mol. The highest BCUT2D eigenvalue weighted by Gasteiger charge is 2.07. The summed E-state index contributed by atoms with van der Waals surface area (Å²) in [7, 11) is 0. The van der Waals surface area contributed by atoms with Gasteiger partial charge in [-0.15, -0.1) is 0 Å². The van der Waals surface area contributed by atoms with E-state index in [-0.39, 0.29) is 5.78 Å². The van der Waals surface area contributed by atoms with Gasteiger partial charge in [0.05, 0.1) is 0 Å². The van der Waals surface area contributed by atoms with Gasteiger partial charge in [0.15, 0.2) is 5.78 Å². The maximum atomic E-state index is 11.3. The fraction of sp³-hybridized carbons (Fsp3) is 0.188. The van der Waals surface area contributed by atoms with Crippen LogP contribution in [-0.4, -0.2) is 5.78 Å². The summed E-state index contributed by atoms with van der Waals surface area (Å²) in [6, 6.07) is 12.2. The molecule has 0 saturated carbocycles. The SMILES string of the molecule is CC(=O)c1ccc(Sc2ccc(C)cc2C)c(Br)c1. The van der Waals surface area contributed by atoms with E-state index in [2.05, 4.69) is 48.0 Å². The Morgan fingerprint density at radius 2 is 1.74 bits per heavy atom. The van der Waals surface area contributed by atoms with Gasteiger partial charge in [-0.2, -0.15) is 0 Å². The molecule has 0 atom stereocenters. The van der Waals surface area contributed by atoms with Crippen LogP contribution in [0.25, 0.3) is 0 Å². The molecule has 1 nitrogen and oxygen atoms in total. The zero-order valence-electron chi connectivity index (χ0n) is 11.2. The van der Waals surface area contributed by atoms with E-state index in [0.29, 0.717) is 0 Å². The van der Waals surface area contributed by atoms with Gasteiger partial charge < -0.3 is 0 Å². The van der Waals surface area contributed by atoms with E-state index in [1.807, 2.05) is 18.2 Å². The molecule has 0 aliphatic heterocycles. The second-order valence-corrected chi connectivity index (χ2v) is 6.51. The van der Waals surface area contributed by atoms with E-state index in [0.717, 1.165) is 14.9 Å². The highest BCUT2D eigenvalue weighted by molar-refractivity contribution is 9.10. The first-order valence-electron chi connectivity index (χ1n) is 6.03. The maximum Gasteiger partial charge on any atom is 0.159 e. The first-order valence-corrected chi connectivity index (χ1v) is 7.64. The van der Waals surface area contributed by atoms with Crippen molar-refractivity contribution in [3.05, 3.63) is 57.6 Å². The van der Waals surface area contributed by atoms with E-state index in [4.69, 9.17) is 0 Å². The van der Waals surface area contributed by atoms with Crippen LogP contribution in [0.2, 0.25) is 0 Å². The Kier molecular flexibility index (Phi) is 4.48. The second-order valence-electron chi connectivity index (χ2n) is 4.57. The summed E-state index contributed by atoms with van der Waals surface area (Å²) in [6.07, 6.45) is 0. The second kappa shape index (κ2) is 5.93. The number of rotatable bonds is 3. The summed E-state index contributed by atoms with van der Waals surface area (Å²) in [5.41, 5.74) is 3.28. The Labute approximate surface area is 126 Å². The van der Waals surface area contributed by atoms with Crippen molar-refractivity contribution in [1.29, 1.82) is 0 Å². The van der Waals surface area contributed by atoms with Crippen molar-refractivity contribution in [2.45, 2.75) is 30.6 Å². The number of aryl methyl sites for hydroxylation is 2. The molecule has 0 heterocycles. The Bertz CT molecular complexity index is 635. The predicted octanol–water partition coefficient (Wildman–Crippen LogP) is 5.42. The number of carbonyl (C=O) groups excluding carboxylic acids is 1. The molecule has 2 aromatic carbocycles. The third kappa shape index (κ3) is 3.48. The standard InChI is InChI=1S/C16H15BrOS/c1-10-4-6-15(11(2)8-10)19-16-7-5-13(12(3)18)9-14(16)17/h4-9H,1-3H3. The van der Waals surface area contributed by atoms with Crippen molar-refractivity contribution in [3.8, 4) is 0 Å². The molecule has 98 valence electrons. The molecule has 3 heteroatoms. The monoisotopic (exact) mass is 334 g/mol. The number of carbonyl (C=O) groups is 1. The molecule has 0 N–H and O–H groups in total. The number of benzene rings is 2. The largest absolute Gasteiger partial charge is 0.295 e. The first-order chi connectivity index (χ1) is 8.97. The van der Waals surface area contributed by atoms with E-state index in [9.17, 15) is 4.79 Å². The van der Waals surface area contributed by atoms with Crippen LogP contribution in [0.4, 0.5) is 0 Å². The van der Waals surface area contributed by atoms with Crippen LogP contribution in [0, 0.1) is 13.8 Å². The highest BCUT2D eigenvalue weighted by atomic mass is 79.9. The lowest BCUT2D eigenvalue weighted by Gasteiger charge is -2.09. The number of Topliss-reactive ketones (excluding diaryl/α,β-unsaturated/α-hetero) is 1. The minimum absolute atomic E-state index is 0.0868. The molecule has 0 aromatic heterocycles. The molecule has 0 aliphatic rings. The minimum atomic E-state index is 0.0868. The summed E-state index contributed by atoms with van der Waals surface area (Å²) in [5, 5.41) is 0. The molecule has 0 bridgehead atoms. The van der Waals surface area contributed by atoms with Crippen LogP contribution >= 0.6 is 27.7 Å². The highest BCUT2D eigenvalue weighted by Crippen LogP contribution is 2.35. The van der Waals surface area contributed by atoms with Crippen molar-refractivity contribution >= 4 is 33.5 Å². The van der Waals surface area contributed by atoms with Gasteiger partial charge in [-0.05, 0) is 60.5 Å². The fourth-order valence-electron chi connectivity index (χ4n) is 1.83. The van der Waals surface area contributed by atoms with Crippen LogP contribution in [-0.2, 0) is 0 Å². The van der Waals surface area contributed by atoms with E-state index >= 15 is 0 Å². The van der Waals surface area contributed by atoms with Gasteiger partial charge in [-0.25, -0.2) is 0 Å². The number of hydrogen-bond acceptors (Lipinski definition) is 2. The van der Waals surface area contributed by atoms with Crippen molar-refractivity contribution in [2.75, 3.05) is 0 Å². The Morgan fingerprint density at radius 3 is 2.32 bits per heavy atom. The van der Waals surface area contributed by atoms with E-state index in [1.165, 1.54) is 16.0 Å². The van der Waals surface area contributed by atoms with Gasteiger partial charge in [0, 0.05) is 19.8 Å². The summed E-state index contributed by atoms with van der Waals surface area (Å²) in [6.45, 7) is 5.80. The molecule has 0 spiro atoms. The van der Waals surface area contributed by atoms with Crippen molar-refractivity contribution in [3.63, 3.8) is 0 Å². The third-order valence-corrected chi connectivity index (χ3v) is 5.06. The van der Waals surface area contributed by atoms with Crippen LogP contribution in [0.3, 0.4) is 0 Å². The molecule has 2 aromatic rings. The summed E-state index contributed by atoms with van der Waals surface area (Å²) < 4.78 is 0.963. The molecule has 19 heavy (non-hydrogen) atoms. The average molecular weight is 335 g/mol. The quantitative estimate of drug-likeness (QED) is 0.697. The van der Waals surface area contributed by atoms with Gasteiger partial charge >= 0.3 is 0 Å². The Morgan fingerprint density at radius 1 is 1.05 bits per heavy atom. The molecule has 0 saturated heterocycles. The zero-order valence-corrected chi connectivity index (χ0v) is 13.6. The van der Waals surface area contributed by atoms with Gasteiger partial charge in [-0.1, -0.05) is 35.5 Å². The number of ketones is 1. The Hall–Kier alpha value is -1.06. The third-order valence-electron chi connectivity index (χ3n) is 2.89. The molecular formula is C16H15BrOS. The van der Waals surface area contributed by atoms with Gasteiger partial charge in [-0.3, -0.25) is 4.79 Å². The molecule has 0 amide bonds. The first kappa shape index (κ1) is 14.4. The van der Waals surface area contributed by atoms with Crippen LogP contribution in [0.5, 0.6) is 0 Å². The normalized spacial score (nSPS) is 10.5. The van der Waals surface area contributed by atoms with Crippen molar-refractivity contribution in [1.82, 2.24) is 0 Å². The van der Waals surface area contributed by atoms with Crippen LogP contribution in [0.15, 0.2) is 50.7 Å². The fourth-order valence-corrected chi connectivity index (χ4v) is 3.34. The maximum absolute atomic E-state index is 11.3. The number of hydrogen-bond donors (Lipinski definition) is 0. The van der Waals surface area contributed by atoms with Crippen LogP contribution in [0.1, 0.15) is 28.4 Å². The number of halogens is 1. The van der Waals surface area contributed by atoms with E-state index in [1.54, 1.807) is 18.7 Å². The van der Waals surface area contributed by atoms with Crippen molar-refractivity contribution < 1.29 is 4.79 Å². The molecule has 0 aliphatic carbocycles. The summed E-state index contributed by atoms with van der Waals surface area (Å²) >= 11 is 5.25. The lowest BCUT2D eigenvalue weighted by atomic mass is 10.1. The summed E-state index contributed by atoms with van der Waals surface area (Å²) in [5.74, 6) is 0.0868. The molecule has 0 fully saturated rings. The van der Waals surface area contributed by atoms with Crippen molar-refractivity contribution in [2.24, 2.45) is 0 Å². The average Bonchev–Trinajstić information content (AvgIpc) is 2.34. The minimum Gasteiger partial charge on any atom is -0.295 e. The topological polar surface area (TPSA) is 17.1 Å². The Balaban J connectivity index is 2.31. The smallest absolute Gasteiger partial charge is 0.159 e. The zero-order chi connectivity index (χ0) is 14.0. The van der Waals surface area contributed by atoms with Gasteiger partial charge in [0.2, 0.25) is 0 Å². The lowest BCUT2D eigenvalue weighted by Crippen LogP contribution is -1.92. The van der Waals surface area contributed by atoms with Gasteiger partial charge in [0.1, 0.15) is 0 Å². The summed E-state index contributed by atoms with van der Waals surface area (Å²) in [4.78, 5) is 13.7. The van der Waals surface area contributed by atoms with E-state index < -0.39 is 0 Å². The van der Waals surface area contributed by atoms with Gasteiger partial charge in [0.25, 0.3) is 0 Å². The molecule has 0 radical (unpaired) electrons. The molecule has 0 unspecified atom stereocenters. The molecular weight excluding hydrogens is 320 g/mol. The lowest BCUT2D eigenvalue weighted by molar-refractivity contribution is 0.101. The molecule has 2 rings (SSSR count). The van der Waals surface area contributed by atoms with Crippen LogP contribution < -0.4 is 0 Å².